The molecule has 4 heteroatoms. The van der Waals surface area contributed by atoms with E-state index in [0.717, 1.165) is 25.0 Å². The SMILES string of the molecule is CCC1=C(C)/C(=N\NC(N)=O)CC1. The van der Waals surface area contributed by atoms with Crippen LogP contribution in [0.15, 0.2) is 16.2 Å². The Labute approximate surface area is 77.9 Å². The van der Waals surface area contributed by atoms with Gasteiger partial charge in [0.25, 0.3) is 0 Å². The molecular weight excluding hydrogens is 166 g/mol. The van der Waals surface area contributed by atoms with Gasteiger partial charge >= 0.3 is 6.03 Å². The summed E-state index contributed by atoms with van der Waals surface area (Å²) in [6, 6.07) is -0.606. The molecule has 4 nitrogen and oxygen atoms in total. The van der Waals surface area contributed by atoms with Gasteiger partial charge < -0.3 is 5.73 Å². The number of rotatable bonds is 2. The van der Waals surface area contributed by atoms with Gasteiger partial charge in [0.15, 0.2) is 0 Å². The van der Waals surface area contributed by atoms with E-state index in [0.29, 0.717) is 0 Å². The predicted molar refractivity (Wildman–Crippen MR) is 52.4 cm³/mol. The van der Waals surface area contributed by atoms with Crippen LogP contribution in [0.2, 0.25) is 0 Å². The van der Waals surface area contributed by atoms with Crippen LogP contribution in [0.1, 0.15) is 33.1 Å². The Kier molecular flexibility index (Phi) is 3.06. The van der Waals surface area contributed by atoms with Crippen molar-refractivity contribution >= 4 is 11.7 Å². The van der Waals surface area contributed by atoms with Crippen LogP contribution in [0.25, 0.3) is 0 Å². The number of urea groups is 1. The molecule has 0 heterocycles. The van der Waals surface area contributed by atoms with Crippen molar-refractivity contribution in [3.8, 4) is 0 Å². The Morgan fingerprint density at radius 2 is 2.31 bits per heavy atom. The van der Waals surface area contributed by atoms with Crippen molar-refractivity contribution in [3.05, 3.63) is 11.1 Å². The molecule has 3 N–H and O–H groups in total. The average molecular weight is 181 g/mol. The molecule has 0 aromatic carbocycles. The minimum absolute atomic E-state index is 0.606. The number of primary amides is 1. The Morgan fingerprint density at radius 3 is 2.77 bits per heavy atom. The first-order chi connectivity index (χ1) is 6.15. The summed E-state index contributed by atoms with van der Waals surface area (Å²) in [5.74, 6) is 0. The zero-order chi connectivity index (χ0) is 9.84. The molecule has 0 atom stereocenters. The van der Waals surface area contributed by atoms with Crippen molar-refractivity contribution < 1.29 is 4.79 Å². The second-order valence-corrected chi connectivity index (χ2v) is 3.12. The highest BCUT2D eigenvalue weighted by Gasteiger charge is 2.15. The largest absolute Gasteiger partial charge is 0.350 e. The third-order valence-electron chi connectivity index (χ3n) is 2.35. The summed E-state index contributed by atoms with van der Waals surface area (Å²) in [6.45, 7) is 4.16. The highest BCUT2D eigenvalue weighted by molar-refractivity contribution is 6.03. The molecular formula is C9H15N3O. The fraction of sp³-hybridized carbons (Fsp3) is 0.556. The van der Waals surface area contributed by atoms with E-state index < -0.39 is 6.03 Å². The maximum atomic E-state index is 10.4. The molecule has 2 amide bonds. The van der Waals surface area contributed by atoms with Crippen LogP contribution >= 0.6 is 0 Å². The predicted octanol–water partition coefficient (Wildman–Crippen LogP) is 1.53. The van der Waals surface area contributed by atoms with Crippen LogP contribution in [-0.2, 0) is 0 Å². The Balaban J connectivity index is 2.69. The standard InChI is InChI=1S/C9H15N3O/c1-3-7-4-5-8(6(7)2)11-12-9(10)13/h3-5H2,1-2H3,(H3,10,12,13)/b11-8-. The topological polar surface area (TPSA) is 67.5 Å². The molecule has 0 unspecified atom stereocenters. The maximum Gasteiger partial charge on any atom is 0.332 e. The van der Waals surface area contributed by atoms with Crippen molar-refractivity contribution in [1.82, 2.24) is 5.43 Å². The molecule has 0 aromatic heterocycles. The van der Waals surface area contributed by atoms with Gasteiger partial charge in [-0.05, 0) is 31.8 Å². The molecule has 1 aliphatic rings. The van der Waals surface area contributed by atoms with Crippen LogP contribution in [-0.4, -0.2) is 11.7 Å². The summed E-state index contributed by atoms with van der Waals surface area (Å²) in [4.78, 5) is 10.4. The number of nitrogens with two attached hydrogens (primary N) is 1. The zero-order valence-corrected chi connectivity index (χ0v) is 8.05. The van der Waals surface area contributed by atoms with E-state index in [-0.39, 0.29) is 0 Å². The lowest BCUT2D eigenvalue weighted by Gasteiger charge is -1.99. The lowest BCUT2D eigenvalue weighted by Crippen LogP contribution is -2.25. The third-order valence-corrected chi connectivity index (χ3v) is 2.35. The number of hydrazone groups is 1. The average Bonchev–Trinajstić information content (AvgIpc) is 2.43. The summed E-state index contributed by atoms with van der Waals surface area (Å²) in [5, 5.41) is 3.94. The van der Waals surface area contributed by atoms with E-state index in [1.807, 2.05) is 6.92 Å². The van der Waals surface area contributed by atoms with Crippen LogP contribution in [0.3, 0.4) is 0 Å². The fourth-order valence-electron chi connectivity index (χ4n) is 1.55. The molecule has 0 aliphatic heterocycles. The molecule has 13 heavy (non-hydrogen) atoms. The van der Waals surface area contributed by atoms with Crippen LogP contribution in [0, 0.1) is 0 Å². The molecule has 0 radical (unpaired) electrons. The molecule has 0 bridgehead atoms. The van der Waals surface area contributed by atoms with Crippen LogP contribution in [0.4, 0.5) is 4.79 Å². The number of nitrogens with zero attached hydrogens (tertiary/aromatic N) is 1. The van der Waals surface area contributed by atoms with Crippen LogP contribution in [0.5, 0.6) is 0 Å². The molecule has 72 valence electrons. The minimum atomic E-state index is -0.606. The fourth-order valence-corrected chi connectivity index (χ4v) is 1.55. The number of allylic oxidation sites excluding steroid dienone is 2. The number of hydrogen-bond donors (Lipinski definition) is 2. The lowest BCUT2D eigenvalue weighted by molar-refractivity contribution is 0.249. The quantitative estimate of drug-likeness (QED) is 0.623. The van der Waals surface area contributed by atoms with E-state index in [9.17, 15) is 4.79 Å². The van der Waals surface area contributed by atoms with Gasteiger partial charge in [-0.2, -0.15) is 5.10 Å². The van der Waals surface area contributed by atoms with Gasteiger partial charge in [-0.3, -0.25) is 0 Å². The molecule has 0 fully saturated rings. The maximum absolute atomic E-state index is 10.4. The zero-order valence-electron chi connectivity index (χ0n) is 8.05. The molecule has 0 saturated heterocycles. The number of carbonyl (C=O) groups is 1. The van der Waals surface area contributed by atoms with Gasteiger partial charge in [-0.25, -0.2) is 10.2 Å². The summed E-state index contributed by atoms with van der Waals surface area (Å²) in [6.07, 6.45) is 3.03. The van der Waals surface area contributed by atoms with E-state index >= 15 is 0 Å². The number of nitrogens with one attached hydrogen (secondary N) is 1. The number of carbonyl (C=O) groups excluding carboxylic acids is 1. The van der Waals surface area contributed by atoms with Crippen molar-refractivity contribution in [2.45, 2.75) is 33.1 Å². The van der Waals surface area contributed by atoms with Crippen molar-refractivity contribution in [1.29, 1.82) is 0 Å². The Bertz CT molecular complexity index is 279. The molecule has 1 rings (SSSR count). The third kappa shape index (κ3) is 2.31. The monoisotopic (exact) mass is 181 g/mol. The highest BCUT2D eigenvalue weighted by Crippen LogP contribution is 2.25. The highest BCUT2D eigenvalue weighted by atomic mass is 16.2. The smallest absolute Gasteiger partial charge is 0.332 e. The van der Waals surface area contributed by atoms with Gasteiger partial charge in [-0.15, -0.1) is 0 Å². The molecule has 0 saturated carbocycles. The van der Waals surface area contributed by atoms with E-state index in [1.54, 1.807) is 0 Å². The number of hydrogen-bond acceptors (Lipinski definition) is 2. The normalized spacial score (nSPS) is 19.7. The van der Waals surface area contributed by atoms with Crippen molar-refractivity contribution in [3.63, 3.8) is 0 Å². The second-order valence-electron chi connectivity index (χ2n) is 3.12. The minimum Gasteiger partial charge on any atom is -0.350 e. The Morgan fingerprint density at radius 1 is 1.62 bits per heavy atom. The van der Waals surface area contributed by atoms with Gasteiger partial charge in [0, 0.05) is 0 Å². The summed E-state index contributed by atoms with van der Waals surface area (Å²) in [7, 11) is 0. The van der Waals surface area contributed by atoms with Gasteiger partial charge in [0.2, 0.25) is 0 Å². The first kappa shape index (κ1) is 9.77. The van der Waals surface area contributed by atoms with E-state index in [1.165, 1.54) is 11.1 Å². The van der Waals surface area contributed by atoms with Gasteiger partial charge in [-0.1, -0.05) is 12.5 Å². The van der Waals surface area contributed by atoms with Crippen molar-refractivity contribution in [2.24, 2.45) is 10.8 Å². The van der Waals surface area contributed by atoms with Gasteiger partial charge in [0.1, 0.15) is 0 Å². The summed E-state index contributed by atoms with van der Waals surface area (Å²) in [5.41, 5.74) is 10.7. The van der Waals surface area contributed by atoms with Gasteiger partial charge in [0.05, 0.1) is 5.71 Å². The molecule has 0 aromatic rings. The van der Waals surface area contributed by atoms with E-state index in [4.69, 9.17) is 5.73 Å². The number of amides is 2. The first-order valence-electron chi connectivity index (χ1n) is 4.46. The van der Waals surface area contributed by atoms with Crippen molar-refractivity contribution in [2.75, 3.05) is 0 Å². The van der Waals surface area contributed by atoms with E-state index in [2.05, 4.69) is 17.5 Å². The van der Waals surface area contributed by atoms with Crippen LogP contribution < -0.4 is 11.2 Å². The second kappa shape index (κ2) is 4.07. The first-order valence-corrected chi connectivity index (χ1v) is 4.46. The Hall–Kier alpha value is -1.32. The summed E-state index contributed by atoms with van der Waals surface area (Å²) < 4.78 is 0. The summed E-state index contributed by atoms with van der Waals surface area (Å²) >= 11 is 0. The lowest BCUT2D eigenvalue weighted by atomic mass is 10.1. The molecule has 0 spiro atoms. The molecule has 1 aliphatic carbocycles.